The van der Waals surface area contributed by atoms with E-state index in [-0.39, 0.29) is 23.7 Å². The molecule has 0 amide bonds. The average Bonchev–Trinajstić information content (AvgIpc) is 2.12. The van der Waals surface area contributed by atoms with Crippen LogP contribution >= 0.6 is 11.3 Å². The molecule has 1 radical (unpaired) electrons. The van der Waals surface area contributed by atoms with Crippen molar-refractivity contribution in [3.8, 4) is 0 Å². The van der Waals surface area contributed by atoms with Crippen LogP contribution in [0, 0.1) is 0 Å². The molecule has 43 valence electrons. The van der Waals surface area contributed by atoms with Crippen LogP contribution in [0.3, 0.4) is 0 Å². The number of thiazole rings is 1. The molecule has 0 aliphatic rings. The van der Waals surface area contributed by atoms with Gasteiger partial charge in [-0.1, -0.05) is 0 Å². The number of nitrogens with zero attached hydrogens (tertiary/aromatic N) is 1. The van der Waals surface area contributed by atoms with Crippen LogP contribution in [-0.4, -0.2) is 34.9 Å². The number of aromatic carboxylic acids is 1. The Labute approximate surface area is 67.9 Å². The number of rotatable bonds is 1. The molecule has 1 heterocycles. The van der Waals surface area contributed by atoms with Crippen molar-refractivity contribution in [2.75, 3.05) is 0 Å². The van der Waals surface area contributed by atoms with E-state index in [1.165, 1.54) is 11.7 Å². The first-order valence-corrected chi connectivity index (χ1v) is 2.80. The standard InChI is InChI=1S/C4H3NO2S.Li/c6-4(7)3-1-5-2-8-3;/h1-2H,(H,6,7);. The number of carboxylic acid groups (broad SMARTS) is 1. The number of hydrogen-bond acceptors (Lipinski definition) is 3. The van der Waals surface area contributed by atoms with Crippen molar-refractivity contribution in [3.05, 3.63) is 16.6 Å². The molecule has 3 nitrogen and oxygen atoms in total. The molecule has 0 bridgehead atoms. The van der Waals surface area contributed by atoms with Crippen LogP contribution in [0.2, 0.25) is 0 Å². The van der Waals surface area contributed by atoms with Gasteiger partial charge in [0.15, 0.2) is 0 Å². The summed E-state index contributed by atoms with van der Waals surface area (Å²) in [6, 6.07) is 0. The Balaban J connectivity index is 0.000000640. The van der Waals surface area contributed by atoms with Crippen molar-refractivity contribution in [2.45, 2.75) is 0 Å². The predicted molar refractivity (Wildman–Crippen MR) is 34.8 cm³/mol. The van der Waals surface area contributed by atoms with Crippen molar-refractivity contribution in [1.82, 2.24) is 4.98 Å². The zero-order valence-electron chi connectivity index (χ0n) is 4.87. The monoisotopic (exact) mass is 136 g/mol. The minimum Gasteiger partial charge on any atom is -0.477 e. The Hall–Kier alpha value is -0.303. The maximum Gasteiger partial charge on any atom is 0.347 e. The van der Waals surface area contributed by atoms with E-state index in [1.807, 2.05) is 0 Å². The Morgan fingerprint density at radius 3 is 2.67 bits per heavy atom. The van der Waals surface area contributed by atoms with Crippen LogP contribution in [0.15, 0.2) is 11.7 Å². The third kappa shape index (κ3) is 2.18. The molecule has 0 saturated heterocycles. The van der Waals surface area contributed by atoms with Crippen LogP contribution in [0.4, 0.5) is 0 Å². The summed E-state index contributed by atoms with van der Waals surface area (Å²) < 4.78 is 0. The molecule has 1 aromatic rings. The van der Waals surface area contributed by atoms with Gasteiger partial charge >= 0.3 is 5.97 Å². The number of carboxylic acids is 1. The Bertz CT molecular complexity index is 186. The van der Waals surface area contributed by atoms with Gasteiger partial charge in [0.1, 0.15) is 4.88 Å². The van der Waals surface area contributed by atoms with Crippen LogP contribution in [0.1, 0.15) is 9.67 Å². The number of hydrogen-bond donors (Lipinski definition) is 1. The minimum absolute atomic E-state index is 0. The second kappa shape index (κ2) is 3.67. The number of carbonyl (C=O) groups is 1. The van der Waals surface area contributed by atoms with Crippen molar-refractivity contribution >= 4 is 36.2 Å². The Kier molecular flexibility index (Phi) is 3.55. The van der Waals surface area contributed by atoms with Crippen LogP contribution in [0.25, 0.3) is 0 Å². The molecule has 1 rings (SSSR count). The third-order valence-corrected chi connectivity index (χ3v) is 1.40. The fourth-order valence-electron chi connectivity index (χ4n) is 0.321. The fraction of sp³-hybridized carbons (Fsp3) is 0. The van der Waals surface area contributed by atoms with Crippen molar-refractivity contribution in [1.29, 1.82) is 0 Å². The smallest absolute Gasteiger partial charge is 0.347 e. The number of aromatic nitrogens is 1. The molecule has 0 aliphatic heterocycles. The van der Waals surface area contributed by atoms with Gasteiger partial charge in [-0.2, -0.15) is 0 Å². The van der Waals surface area contributed by atoms with E-state index >= 15 is 0 Å². The second-order valence-corrected chi connectivity index (χ2v) is 2.06. The first kappa shape index (κ1) is 8.70. The molecule has 0 unspecified atom stereocenters. The second-order valence-electron chi connectivity index (χ2n) is 1.17. The molecule has 0 saturated carbocycles. The van der Waals surface area contributed by atoms with Crippen LogP contribution in [0.5, 0.6) is 0 Å². The van der Waals surface area contributed by atoms with Gasteiger partial charge in [-0.3, -0.25) is 4.98 Å². The van der Waals surface area contributed by atoms with Gasteiger partial charge in [0.2, 0.25) is 0 Å². The molecule has 0 atom stereocenters. The zero-order chi connectivity index (χ0) is 5.98. The summed E-state index contributed by atoms with van der Waals surface area (Å²) in [5.74, 6) is -0.910. The van der Waals surface area contributed by atoms with Crippen molar-refractivity contribution in [2.24, 2.45) is 0 Å². The van der Waals surface area contributed by atoms with Gasteiger partial charge in [0.05, 0.1) is 11.7 Å². The first-order valence-electron chi connectivity index (χ1n) is 1.92. The maximum atomic E-state index is 10.0. The molecule has 5 heteroatoms. The first-order chi connectivity index (χ1) is 3.80. The third-order valence-electron chi connectivity index (χ3n) is 0.643. The molecule has 0 aliphatic carbocycles. The Morgan fingerprint density at radius 1 is 1.78 bits per heavy atom. The van der Waals surface area contributed by atoms with Gasteiger partial charge in [0.25, 0.3) is 0 Å². The summed E-state index contributed by atoms with van der Waals surface area (Å²) in [6.45, 7) is 0. The van der Waals surface area contributed by atoms with Gasteiger partial charge in [0, 0.05) is 18.9 Å². The average molecular weight is 136 g/mol. The maximum absolute atomic E-state index is 10.0. The summed E-state index contributed by atoms with van der Waals surface area (Å²) in [4.78, 5) is 13.9. The topological polar surface area (TPSA) is 50.2 Å². The minimum atomic E-state index is -0.910. The summed E-state index contributed by atoms with van der Waals surface area (Å²) in [5, 5.41) is 8.24. The molecule has 0 spiro atoms. The van der Waals surface area contributed by atoms with E-state index in [1.54, 1.807) is 0 Å². The largest absolute Gasteiger partial charge is 0.477 e. The SMILES string of the molecule is O=C(O)c1cncs1.[Li]. The molecular weight excluding hydrogens is 133 g/mol. The van der Waals surface area contributed by atoms with Gasteiger partial charge in [-0.25, -0.2) is 4.79 Å². The van der Waals surface area contributed by atoms with E-state index in [0.29, 0.717) is 0 Å². The molecule has 9 heavy (non-hydrogen) atoms. The van der Waals surface area contributed by atoms with Crippen LogP contribution < -0.4 is 0 Å². The Morgan fingerprint density at radius 2 is 2.44 bits per heavy atom. The fourth-order valence-corrected chi connectivity index (χ4v) is 0.779. The summed E-state index contributed by atoms with van der Waals surface area (Å²) >= 11 is 1.12. The van der Waals surface area contributed by atoms with E-state index < -0.39 is 5.97 Å². The van der Waals surface area contributed by atoms with Gasteiger partial charge < -0.3 is 5.11 Å². The van der Waals surface area contributed by atoms with Crippen LogP contribution in [-0.2, 0) is 0 Å². The summed E-state index contributed by atoms with van der Waals surface area (Å²) in [7, 11) is 0. The van der Waals surface area contributed by atoms with Crippen molar-refractivity contribution < 1.29 is 9.90 Å². The van der Waals surface area contributed by atoms with Crippen molar-refractivity contribution in [3.63, 3.8) is 0 Å². The predicted octanol–water partition coefficient (Wildman–Crippen LogP) is 0.460. The van der Waals surface area contributed by atoms with E-state index in [0.717, 1.165) is 11.3 Å². The molecule has 1 aromatic heterocycles. The molecule has 1 N–H and O–H groups in total. The molecule has 0 fully saturated rings. The molecule has 0 aromatic carbocycles. The van der Waals surface area contributed by atoms with E-state index in [2.05, 4.69) is 4.98 Å². The van der Waals surface area contributed by atoms with Gasteiger partial charge in [-0.15, -0.1) is 11.3 Å². The van der Waals surface area contributed by atoms with Gasteiger partial charge in [-0.05, 0) is 0 Å². The quantitative estimate of drug-likeness (QED) is 0.570. The molecular formula is C4H3LiNO2S. The van der Waals surface area contributed by atoms with E-state index in [4.69, 9.17) is 5.11 Å². The zero-order valence-corrected chi connectivity index (χ0v) is 5.68. The van der Waals surface area contributed by atoms with E-state index in [9.17, 15) is 4.79 Å². The summed E-state index contributed by atoms with van der Waals surface area (Å²) in [5.41, 5.74) is 1.49. The normalized spacial score (nSPS) is 8.00. The summed E-state index contributed by atoms with van der Waals surface area (Å²) in [6.07, 6.45) is 1.33.